The third-order valence-electron chi connectivity index (χ3n) is 7.16. The van der Waals surface area contributed by atoms with Crippen molar-refractivity contribution >= 4 is 21.8 Å². The third-order valence-corrected chi connectivity index (χ3v) is 9.07. The van der Waals surface area contributed by atoms with Gasteiger partial charge < -0.3 is 19.7 Å². The number of carbonyl (C=O) groups excluding carboxylic acids is 2. The first-order valence-electron chi connectivity index (χ1n) is 14.3. The second-order valence-electron chi connectivity index (χ2n) is 10.1. The van der Waals surface area contributed by atoms with E-state index in [1.807, 2.05) is 72.8 Å². The number of aromatic nitrogens is 1. The van der Waals surface area contributed by atoms with Crippen LogP contribution in [0.5, 0.6) is 5.75 Å². The van der Waals surface area contributed by atoms with Crippen LogP contribution in [-0.4, -0.2) is 67.3 Å². The van der Waals surface area contributed by atoms with Crippen molar-refractivity contribution in [3.05, 3.63) is 126 Å². The molecule has 1 saturated heterocycles. The molecule has 0 radical (unpaired) electrons. The van der Waals surface area contributed by atoms with E-state index in [0.717, 1.165) is 5.56 Å². The third kappa shape index (κ3) is 7.87. The van der Waals surface area contributed by atoms with Crippen molar-refractivity contribution in [2.45, 2.75) is 24.0 Å². The highest BCUT2D eigenvalue weighted by molar-refractivity contribution is 7.89. The van der Waals surface area contributed by atoms with Crippen LogP contribution in [0.3, 0.4) is 0 Å². The Morgan fingerprint density at radius 3 is 2.20 bits per heavy atom. The standard InChI is InChI=1S/C33H34N4O6S/c38-31(25-43-29-14-16-30(17-15-29)44(40,41)36-19-21-42-22-20-36)37(24-26-9-3-1-4-10-26)32(27-11-5-2-6-12-27)33(39)35-23-28-13-7-8-18-34-28/h1-18,32H,19-25H2,(H,35,39). The van der Waals surface area contributed by atoms with Crippen LogP contribution in [-0.2, 0) is 37.4 Å². The summed E-state index contributed by atoms with van der Waals surface area (Å²) in [4.78, 5) is 33.5. The van der Waals surface area contributed by atoms with Gasteiger partial charge in [0.2, 0.25) is 15.9 Å². The summed E-state index contributed by atoms with van der Waals surface area (Å²) in [6, 6.07) is 29.0. The monoisotopic (exact) mass is 614 g/mol. The number of sulfonamides is 1. The molecular weight excluding hydrogens is 580 g/mol. The van der Waals surface area contributed by atoms with Gasteiger partial charge in [0, 0.05) is 25.8 Å². The number of benzene rings is 3. The van der Waals surface area contributed by atoms with E-state index < -0.39 is 22.0 Å². The molecule has 0 spiro atoms. The van der Waals surface area contributed by atoms with Gasteiger partial charge in [0.25, 0.3) is 5.91 Å². The number of nitrogens with zero attached hydrogens (tertiary/aromatic N) is 3. The molecule has 10 nitrogen and oxygen atoms in total. The number of ether oxygens (including phenoxy) is 2. The van der Waals surface area contributed by atoms with Gasteiger partial charge in [-0.2, -0.15) is 4.31 Å². The second-order valence-corrected chi connectivity index (χ2v) is 12.1. The van der Waals surface area contributed by atoms with Gasteiger partial charge in [0.1, 0.15) is 11.8 Å². The number of hydrogen-bond acceptors (Lipinski definition) is 7. The van der Waals surface area contributed by atoms with Crippen molar-refractivity contribution in [3.8, 4) is 5.75 Å². The molecule has 1 fully saturated rings. The van der Waals surface area contributed by atoms with Gasteiger partial charge in [-0.3, -0.25) is 14.6 Å². The molecule has 3 aromatic carbocycles. The highest BCUT2D eigenvalue weighted by Gasteiger charge is 2.32. The van der Waals surface area contributed by atoms with E-state index >= 15 is 0 Å². The Balaban J connectivity index is 1.35. The Kier molecular flexibility index (Phi) is 10.3. The van der Waals surface area contributed by atoms with Crippen molar-refractivity contribution in [1.29, 1.82) is 0 Å². The lowest BCUT2D eigenvalue weighted by atomic mass is 10.0. The summed E-state index contributed by atoms with van der Waals surface area (Å²) in [5, 5.41) is 2.93. The maximum atomic E-state index is 13.8. The van der Waals surface area contributed by atoms with Crippen LogP contribution in [0, 0.1) is 0 Å². The Hall–Kier alpha value is -4.58. The maximum Gasteiger partial charge on any atom is 0.261 e. The maximum absolute atomic E-state index is 13.8. The molecular formula is C33H34N4O6S. The molecule has 5 rings (SSSR count). The summed E-state index contributed by atoms with van der Waals surface area (Å²) in [5.74, 6) is -0.445. The number of carbonyl (C=O) groups is 2. The fraction of sp³-hybridized carbons (Fsp3) is 0.242. The number of amides is 2. The molecule has 44 heavy (non-hydrogen) atoms. The van der Waals surface area contributed by atoms with Crippen LogP contribution in [0.15, 0.2) is 114 Å². The predicted octanol–water partition coefficient (Wildman–Crippen LogP) is 3.57. The SMILES string of the molecule is O=C(NCc1ccccn1)C(c1ccccc1)N(Cc1ccccc1)C(=O)COc1ccc(S(=O)(=O)N2CCOCC2)cc1. The van der Waals surface area contributed by atoms with Gasteiger partial charge in [-0.05, 0) is 47.5 Å². The fourth-order valence-corrected chi connectivity index (χ4v) is 6.27. The molecule has 228 valence electrons. The van der Waals surface area contributed by atoms with Crippen molar-refractivity contribution in [3.63, 3.8) is 0 Å². The van der Waals surface area contributed by atoms with Crippen LogP contribution in [0.1, 0.15) is 22.9 Å². The lowest BCUT2D eigenvalue weighted by molar-refractivity contribution is -0.143. The van der Waals surface area contributed by atoms with Gasteiger partial charge in [-0.1, -0.05) is 66.7 Å². The van der Waals surface area contributed by atoms with Crippen molar-refractivity contribution in [1.82, 2.24) is 19.5 Å². The molecule has 1 aliphatic heterocycles. The van der Waals surface area contributed by atoms with E-state index in [2.05, 4.69) is 10.3 Å². The van der Waals surface area contributed by atoms with Crippen LogP contribution >= 0.6 is 0 Å². The van der Waals surface area contributed by atoms with Gasteiger partial charge >= 0.3 is 0 Å². The second kappa shape index (κ2) is 14.7. The highest BCUT2D eigenvalue weighted by Crippen LogP contribution is 2.25. The Morgan fingerprint density at radius 1 is 0.886 bits per heavy atom. The number of morpholine rings is 1. The minimum Gasteiger partial charge on any atom is -0.484 e. The van der Waals surface area contributed by atoms with E-state index in [1.54, 1.807) is 12.3 Å². The summed E-state index contributed by atoms with van der Waals surface area (Å²) < 4.78 is 38.4. The molecule has 1 N–H and O–H groups in total. The molecule has 11 heteroatoms. The summed E-state index contributed by atoms with van der Waals surface area (Å²) in [6.45, 7) is 1.30. The Morgan fingerprint density at radius 2 is 1.55 bits per heavy atom. The zero-order chi connectivity index (χ0) is 30.8. The topological polar surface area (TPSA) is 118 Å². The summed E-state index contributed by atoms with van der Waals surface area (Å²) in [7, 11) is -3.66. The minimum absolute atomic E-state index is 0.137. The van der Waals surface area contributed by atoms with Gasteiger partial charge in [-0.15, -0.1) is 0 Å². The van der Waals surface area contributed by atoms with E-state index in [9.17, 15) is 18.0 Å². The van der Waals surface area contributed by atoms with Crippen molar-refractivity contribution < 1.29 is 27.5 Å². The zero-order valence-corrected chi connectivity index (χ0v) is 24.9. The predicted molar refractivity (Wildman–Crippen MR) is 164 cm³/mol. The number of hydrogen-bond donors (Lipinski definition) is 1. The molecule has 0 saturated carbocycles. The molecule has 1 atom stereocenters. The van der Waals surface area contributed by atoms with E-state index in [0.29, 0.717) is 43.3 Å². The van der Waals surface area contributed by atoms with E-state index in [1.165, 1.54) is 33.5 Å². The average molecular weight is 615 g/mol. The van der Waals surface area contributed by atoms with Crippen LogP contribution in [0.2, 0.25) is 0 Å². The normalized spacial score (nSPS) is 14.4. The number of rotatable bonds is 12. The Bertz CT molecular complexity index is 1620. The van der Waals surface area contributed by atoms with Crippen molar-refractivity contribution in [2.75, 3.05) is 32.9 Å². The molecule has 1 unspecified atom stereocenters. The van der Waals surface area contributed by atoms with E-state index in [-0.39, 0.29) is 30.5 Å². The van der Waals surface area contributed by atoms with Gasteiger partial charge in [0.15, 0.2) is 6.61 Å². The van der Waals surface area contributed by atoms with Crippen LogP contribution < -0.4 is 10.1 Å². The van der Waals surface area contributed by atoms with Gasteiger partial charge in [0.05, 0.1) is 30.3 Å². The first-order chi connectivity index (χ1) is 21.4. The lowest BCUT2D eigenvalue weighted by Gasteiger charge is -2.31. The molecule has 1 aliphatic rings. The highest BCUT2D eigenvalue weighted by atomic mass is 32.2. The lowest BCUT2D eigenvalue weighted by Crippen LogP contribution is -2.45. The first-order valence-corrected chi connectivity index (χ1v) is 15.7. The first kappa shape index (κ1) is 30.9. The van der Waals surface area contributed by atoms with Crippen LogP contribution in [0.4, 0.5) is 0 Å². The molecule has 0 bridgehead atoms. The number of pyridine rings is 1. The van der Waals surface area contributed by atoms with Crippen molar-refractivity contribution in [2.24, 2.45) is 0 Å². The quantitative estimate of drug-likeness (QED) is 0.259. The molecule has 2 heterocycles. The minimum atomic E-state index is -3.66. The average Bonchev–Trinajstić information content (AvgIpc) is 3.08. The largest absolute Gasteiger partial charge is 0.484 e. The smallest absolute Gasteiger partial charge is 0.261 e. The van der Waals surface area contributed by atoms with Crippen LogP contribution in [0.25, 0.3) is 0 Å². The summed E-state index contributed by atoms with van der Waals surface area (Å²) >= 11 is 0. The molecule has 0 aliphatic carbocycles. The van der Waals surface area contributed by atoms with Gasteiger partial charge in [-0.25, -0.2) is 8.42 Å². The summed E-state index contributed by atoms with van der Waals surface area (Å²) in [6.07, 6.45) is 1.66. The Labute approximate surface area is 257 Å². The molecule has 2 amide bonds. The molecule has 1 aromatic heterocycles. The molecule has 4 aromatic rings. The zero-order valence-electron chi connectivity index (χ0n) is 24.1. The summed E-state index contributed by atoms with van der Waals surface area (Å²) in [5.41, 5.74) is 2.18. The van der Waals surface area contributed by atoms with E-state index in [4.69, 9.17) is 9.47 Å². The fourth-order valence-electron chi connectivity index (χ4n) is 4.86. The number of nitrogens with one attached hydrogen (secondary N) is 1.